The van der Waals surface area contributed by atoms with Crippen molar-refractivity contribution >= 4 is 22.7 Å². The highest BCUT2D eigenvalue weighted by Crippen LogP contribution is 2.32. The van der Waals surface area contributed by atoms with Crippen molar-refractivity contribution in [3.63, 3.8) is 0 Å². The van der Waals surface area contributed by atoms with Crippen molar-refractivity contribution in [3.05, 3.63) is 76.1 Å². The molecule has 0 radical (unpaired) electrons. The van der Waals surface area contributed by atoms with Gasteiger partial charge < -0.3 is 14.7 Å². The molecule has 1 aliphatic rings. The summed E-state index contributed by atoms with van der Waals surface area (Å²) in [6.07, 6.45) is 0.700. The number of aliphatic hydroxyl groups is 1. The summed E-state index contributed by atoms with van der Waals surface area (Å²) in [5.74, 6) is 0.930. The predicted octanol–water partition coefficient (Wildman–Crippen LogP) is 4.76. The fourth-order valence-electron chi connectivity index (χ4n) is 3.36. The number of thiazole rings is 1. The molecule has 4 rings (SSSR count). The molecule has 29 heavy (non-hydrogen) atoms. The summed E-state index contributed by atoms with van der Waals surface area (Å²) in [6, 6.07) is 13.9. The van der Waals surface area contributed by atoms with Crippen LogP contribution >= 0.6 is 11.3 Å². The van der Waals surface area contributed by atoms with Gasteiger partial charge in [-0.15, -0.1) is 11.3 Å². The van der Waals surface area contributed by atoms with E-state index in [1.807, 2.05) is 34.5 Å². The Hall–Kier alpha value is -3.19. The number of nitrogens with one attached hydrogen (secondary N) is 1. The van der Waals surface area contributed by atoms with Gasteiger partial charge in [-0.25, -0.2) is 9.37 Å². The van der Waals surface area contributed by atoms with Gasteiger partial charge in [0.1, 0.15) is 28.2 Å². The molecule has 1 aliphatic heterocycles. The Morgan fingerprint density at radius 2 is 1.97 bits per heavy atom. The number of aromatic nitrogens is 1. The Morgan fingerprint density at radius 1 is 1.21 bits per heavy atom. The van der Waals surface area contributed by atoms with Crippen LogP contribution in [-0.4, -0.2) is 41.0 Å². The number of hydrogen-bond acceptors (Lipinski definition) is 5. The Balaban J connectivity index is 1.49. The van der Waals surface area contributed by atoms with E-state index in [1.54, 1.807) is 19.2 Å². The maximum atomic E-state index is 13.1. The summed E-state index contributed by atoms with van der Waals surface area (Å²) in [7, 11) is 1.64. The molecule has 1 aromatic heterocycles. The predicted molar refractivity (Wildman–Crippen MR) is 113 cm³/mol. The van der Waals surface area contributed by atoms with Gasteiger partial charge in [0.25, 0.3) is 0 Å². The second-order valence-corrected chi connectivity index (χ2v) is 7.56. The van der Waals surface area contributed by atoms with Crippen molar-refractivity contribution in [1.82, 2.24) is 9.88 Å². The van der Waals surface area contributed by atoms with Gasteiger partial charge in [-0.2, -0.15) is 0 Å². The number of amidine groups is 1. The van der Waals surface area contributed by atoms with Crippen LogP contribution in [0.4, 0.5) is 4.39 Å². The zero-order chi connectivity index (χ0) is 20.4. The first-order chi connectivity index (χ1) is 14.1. The van der Waals surface area contributed by atoms with Gasteiger partial charge in [0, 0.05) is 17.5 Å². The molecule has 0 amide bonds. The molecule has 0 bridgehead atoms. The minimum atomic E-state index is -0.298. The normalized spacial score (nSPS) is 14.0. The molecular weight excluding hydrogens is 389 g/mol. The van der Waals surface area contributed by atoms with Crippen LogP contribution in [0.15, 0.2) is 59.7 Å². The van der Waals surface area contributed by atoms with E-state index in [4.69, 9.17) is 10.1 Å². The summed E-state index contributed by atoms with van der Waals surface area (Å²) in [6.45, 7) is 0.873. The van der Waals surface area contributed by atoms with E-state index in [0.717, 1.165) is 16.9 Å². The lowest BCUT2D eigenvalue weighted by Gasteiger charge is -2.19. The summed E-state index contributed by atoms with van der Waals surface area (Å²) in [4.78, 5) is 6.39. The highest BCUT2D eigenvalue weighted by molar-refractivity contribution is 7.11. The van der Waals surface area contributed by atoms with Gasteiger partial charge in [0.2, 0.25) is 0 Å². The van der Waals surface area contributed by atoms with Crippen molar-refractivity contribution in [3.8, 4) is 17.0 Å². The maximum Gasteiger partial charge on any atom is 0.135 e. The Morgan fingerprint density at radius 3 is 2.72 bits per heavy atom. The molecule has 0 fully saturated rings. The van der Waals surface area contributed by atoms with Crippen molar-refractivity contribution < 1.29 is 14.2 Å². The first kappa shape index (κ1) is 19.1. The fraction of sp³-hybridized carbons (Fsp3) is 0.182. The number of benzene rings is 2. The molecule has 7 heteroatoms. The Bertz CT molecular complexity index is 1080. The first-order valence-electron chi connectivity index (χ1n) is 9.16. The number of methoxy groups -OCH3 is 1. The molecule has 0 saturated heterocycles. The number of rotatable bonds is 6. The smallest absolute Gasteiger partial charge is 0.135 e. The lowest BCUT2D eigenvalue weighted by Crippen LogP contribution is -2.28. The minimum absolute atomic E-state index is 0.148. The third-order valence-electron chi connectivity index (χ3n) is 4.88. The maximum absolute atomic E-state index is 13.1. The Kier molecular flexibility index (Phi) is 5.31. The molecule has 148 valence electrons. The molecule has 0 saturated carbocycles. The highest BCUT2D eigenvalue weighted by atomic mass is 32.1. The van der Waals surface area contributed by atoms with Gasteiger partial charge in [-0.3, -0.25) is 5.41 Å². The molecular formula is C22H20FN3O2S. The molecule has 5 nitrogen and oxygen atoms in total. The van der Waals surface area contributed by atoms with Gasteiger partial charge in [-0.05, 0) is 42.3 Å². The highest BCUT2D eigenvalue weighted by Gasteiger charge is 2.30. The standard InChI is InChI=1S/C22H20FN3O2S/c1-28-19-5-3-2-4-15(19)10-11-26-12-18(27)20(21(26)24)22-25-17(13-29-22)14-6-8-16(23)9-7-14/h2-9,13,24,27H,10-12H2,1H3. The molecule has 0 atom stereocenters. The molecule has 0 spiro atoms. The summed E-state index contributed by atoms with van der Waals surface area (Å²) in [5.41, 5.74) is 3.02. The zero-order valence-corrected chi connectivity index (χ0v) is 16.7. The third kappa shape index (κ3) is 3.86. The van der Waals surface area contributed by atoms with Crippen LogP contribution in [0.5, 0.6) is 5.75 Å². The second-order valence-electron chi connectivity index (χ2n) is 6.70. The molecule has 2 aromatic carbocycles. The van der Waals surface area contributed by atoms with Crippen LogP contribution in [0.3, 0.4) is 0 Å². The number of halogens is 1. The number of para-hydroxylation sites is 1. The van der Waals surface area contributed by atoms with Gasteiger partial charge in [0.15, 0.2) is 0 Å². The minimum Gasteiger partial charge on any atom is -0.510 e. The molecule has 2 N–H and O–H groups in total. The van der Waals surface area contributed by atoms with Crippen LogP contribution in [-0.2, 0) is 6.42 Å². The molecule has 2 heterocycles. The van der Waals surface area contributed by atoms with E-state index >= 15 is 0 Å². The van der Waals surface area contributed by atoms with Crippen LogP contribution in [0.25, 0.3) is 16.8 Å². The van der Waals surface area contributed by atoms with E-state index in [9.17, 15) is 9.50 Å². The van der Waals surface area contributed by atoms with Crippen LogP contribution in [0.2, 0.25) is 0 Å². The fourth-order valence-corrected chi connectivity index (χ4v) is 4.25. The van der Waals surface area contributed by atoms with Crippen molar-refractivity contribution in [2.75, 3.05) is 20.2 Å². The number of aliphatic hydroxyl groups excluding tert-OH is 1. The van der Waals surface area contributed by atoms with Gasteiger partial charge >= 0.3 is 0 Å². The van der Waals surface area contributed by atoms with Crippen molar-refractivity contribution in [1.29, 1.82) is 5.41 Å². The average Bonchev–Trinajstić information content (AvgIpc) is 3.31. The van der Waals surface area contributed by atoms with E-state index in [2.05, 4.69) is 4.98 Å². The molecule has 0 unspecified atom stereocenters. The Labute approximate surface area is 172 Å². The summed E-state index contributed by atoms with van der Waals surface area (Å²) < 4.78 is 18.5. The van der Waals surface area contributed by atoms with Gasteiger partial charge in [0.05, 0.1) is 24.9 Å². The SMILES string of the molecule is COc1ccccc1CCN1CC(O)=C(c2nc(-c3ccc(F)cc3)cs2)C1=N. The lowest BCUT2D eigenvalue weighted by molar-refractivity contribution is 0.349. The quantitative estimate of drug-likeness (QED) is 0.616. The van der Waals surface area contributed by atoms with Crippen molar-refractivity contribution in [2.45, 2.75) is 6.42 Å². The number of ether oxygens (including phenoxy) is 1. The summed E-state index contributed by atoms with van der Waals surface area (Å²) in [5, 5.41) is 21.5. The number of hydrogen-bond donors (Lipinski definition) is 2. The van der Waals surface area contributed by atoms with Crippen LogP contribution in [0, 0.1) is 11.2 Å². The second kappa shape index (κ2) is 8.05. The topological polar surface area (TPSA) is 69.4 Å². The van der Waals surface area contributed by atoms with E-state index in [0.29, 0.717) is 29.2 Å². The van der Waals surface area contributed by atoms with E-state index in [1.165, 1.54) is 23.5 Å². The zero-order valence-electron chi connectivity index (χ0n) is 15.9. The first-order valence-corrected chi connectivity index (χ1v) is 10.0. The van der Waals surface area contributed by atoms with E-state index < -0.39 is 0 Å². The van der Waals surface area contributed by atoms with Crippen LogP contribution < -0.4 is 4.74 Å². The lowest BCUT2D eigenvalue weighted by atomic mass is 10.1. The van der Waals surface area contributed by atoms with Crippen molar-refractivity contribution in [2.24, 2.45) is 0 Å². The monoisotopic (exact) mass is 409 g/mol. The molecule has 3 aromatic rings. The van der Waals surface area contributed by atoms with Gasteiger partial charge in [-0.1, -0.05) is 18.2 Å². The van der Waals surface area contributed by atoms with Crippen LogP contribution in [0.1, 0.15) is 10.6 Å². The molecule has 0 aliphatic carbocycles. The average molecular weight is 409 g/mol. The third-order valence-corrected chi connectivity index (χ3v) is 5.74. The number of nitrogens with zero attached hydrogens (tertiary/aromatic N) is 2. The van der Waals surface area contributed by atoms with E-state index in [-0.39, 0.29) is 24.0 Å². The summed E-state index contributed by atoms with van der Waals surface area (Å²) >= 11 is 1.37. The largest absolute Gasteiger partial charge is 0.510 e.